The molecule has 2 aliphatic rings. The molecule has 2 aliphatic heterocycles. The molecule has 0 saturated carbocycles. The molecule has 1 amide bonds. The zero-order valence-corrected chi connectivity index (χ0v) is 16.5. The van der Waals surface area contributed by atoms with E-state index in [0.717, 1.165) is 5.56 Å². The monoisotopic (exact) mass is 402 g/mol. The molecule has 0 N–H and O–H groups in total. The average Bonchev–Trinajstić information content (AvgIpc) is 3.07. The molecular weight excluding hydrogens is 379 g/mol. The average molecular weight is 402 g/mol. The van der Waals surface area contributed by atoms with Crippen LogP contribution in [0.2, 0.25) is 0 Å². The number of fused-ring (bicyclic) bond motifs is 1. The first-order chi connectivity index (χ1) is 13.3. The van der Waals surface area contributed by atoms with Gasteiger partial charge in [0.05, 0.1) is 6.26 Å². The molecule has 2 aromatic rings. The molecule has 2 heterocycles. The molecule has 0 aromatic heterocycles. The van der Waals surface area contributed by atoms with Crippen LogP contribution in [0.25, 0.3) is 0 Å². The van der Waals surface area contributed by atoms with Crippen molar-refractivity contribution in [3.8, 4) is 0 Å². The first-order valence-electron chi connectivity index (χ1n) is 9.41. The number of benzene rings is 2. The fourth-order valence-electron chi connectivity index (χ4n) is 4.55. The summed E-state index contributed by atoms with van der Waals surface area (Å²) in [7, 11) is -3.30. The van der Waals surface area contributed by atoms with Crippen molar-refractivity contribution in [2.75, 3.05) is 25.9 Å². The van der Waals surface area contributed by atoms with E-state index >= 15 is 0 Å². The molecule has 2 aromatic carbocycles. The highest BCUT2D eigenvalue weighted by atomic mass is 32.2. The minimum Gasteiger partial charge on any atom is -0.335 e. The normalized spacial score (nSPS) is 25.5. The fourth-order valence-corrected chi connectivity index (χ4v) is 5.43. The van der Waals surface area contributed by atoms with Gasteiger partial charge in [-0.05, 0) is 36.2 Å². The van der Waals surface area contributed by atoms with E-state index in [1.165, 1.54) is 22.7 Å². The SMILES string of the molecule is CS(=O)(=O)N1CC[C@H]2[C@@H](C1)[C@H](c1ccc(F)cc1)CN2C(=O)c1ccccc1. The third kappa shape index (κ3) is 3.56. The Balaban J connectivity index is 1.67. The lowest BCUT2D eigenvalue weighted by molar-refractivity contribution is 0.0674. The van der Waals surface area contributed by atoms with Gasteiger partial charge in [-0.1, -0.05) is 30.3 Å². The van der Waals surface area contributed by atoms with E-state index in [-0.39, 0.29) is 29.6 Å². The Kier molecular flexibility index (Phi) is 4.97. The molecule has 0 spiro atoms. The Morgan fingerprint density at radius 2 is 1.71 bits per heavy atom. The van der Waals surface area contributed by atoms with Gasteiger partial charge in [0.2, 0.25) is 10.0 Å². The number of hydrogen-bond donors (Lipinski definition) is 0. The van der Waals surface area contributed by atoms with Crippen LogP contribution in [0.5, 0.6) is 0 Å². The van der Waals surface area contributed by atoms with E-state index in [1.54, 1.807) is 24.3 Å². The fraction of sp³-hybridized carbons (Fsp3) is 0.381. The lowest BCUT2D eigenvalue weighted by Crippen LogP contribution is -2.49. The van der Waals surface area contributed by atoms with Gasteiger partial charge in [-0.3, -0.25) is 4.79 Å². The van der Waals surface area contributed by atoms with Crippen LogP contribution in [0, 0.1) is 11.7 Å². The summed E-state index contributed by atoms with van der Waals surface area (Å²) >= 11 is 0. The van der Waals surface area contributed by atoms with Gasteiger partial charge >= 0.3 is 0 Å². The minimum atomic E-state index is -3.30. The van der Waals surface area contributed by atoms with Crippen LogP contribution in [0.1, 0.15) is 28.3 Å². The van der Waals surface area contributed by atoms with E-state index in [0.29, 0.717) is 31.6 Å². The van der Waals surface area contributed by atoms with Crippen molar-refractivity contribution in [2.24, 2.45) is 5.92 Å². The second-order valence-corrected chi connectivity index (χ2v) is 9.60. The van der Waals surface area contributed by atoms with Crippen molar-refractivity contribution in [2.45, 2.75) is 18.4 Å². The van der Waals surface area contributed by atoms with E-state index in [9.17, 15) is 17.6 Å². The van der Waals surface area contributed by atoms with Crippen molar-refractivity contribution in [3.05, 3.63) is 71.5 Å². The maximum Gasteiger partial charge on any atom is 0.254 e. The van der Waals surface area contributed by atoms with Crippen molar-refractivity contribution in [3.63, 3.8) is 0 Å². The molecule has 0 aliphatic carbocycles. The molecule has 0 radical (unpaired) electrons. The number of rotatable bonds is 3. The first kappa shape index (κ1) is 19.1. The van der Waals surface area contributed by atoms with Crippen LogP contribution in [-0.2, 0) is 10.0 Å². The summed E-state index contributed by atoms with van der Waals surface area (Å²) in [6.07, 6.45) is 1.83. The number of likely N-dealkylation sites (tertiary alicyclic amines) is 1. The molecule has 4 rings (SSSR count). The third-order valence-electron chi connectivity index (χ3n) is 5.94. The molecule has 5 nitrogen and oxygen atoms in total. The zero-order chi connectivity index (χ0) is 19.9. The van der Waals surface area contributed by atoms with Gasteiger partial charge in [0, 0.05) is 43.1 Å². The van der Waals surface area contributed by atoms with Crippen LogP contribution < -0.4 is 0 Å². The molecular formula is C21H23FN2O3S. The topological polar surface area (TPSA) is 57.7 Å². The largest absolute Gasteiger partial charge is 0.335 e. The molecule has 0 bridgehead atoms. The summed E-state index contributed by atoms with van der Waals surface area (Å²) < 4.78 is 39.1. The second kappa shape index (κ2) is 7.29. The highest BCUT2D eigenvalue weighted by Gasteiger charge is 2.48. The van der Waals surface area contributed by atoms with Crippen molar-refractivity contribution >= 4 is 15.9 Å². The Morgan fingerprint density at radius 3 is 2.36 bits per heavy atom. The van der Waals surface area contributed by atoms with Crippen LogP contribution in [-0.4, -0.2) is 55.5 Å². The number of hydrogen-bond acceptors (Lipinski definition) is 3. The number of nitrogens with zero attached hydrogens (tertiary/aromatic N) is 2. The van der Waals surface area contributed by atoms with E-state index in [4.69, 9.17) is 0 Å². The van der Waals surface area contributed by atoms with Gasteiger partial charge in [-0.2, -0.15) is 0 Å². The van der Waals surface area contributed by atoms with Gasteiger partial charge in [-0.25, -0.2) is 17.1 Å². The predicted octanol–water partition coefficient (Wildman–Crippen LogP) is 2.72. The molecule has 3 atom stereocenters. The summed E-state index contributed by atoms with van der Waals surface area (Å²) in [5, 5.41) is 0. The number of carbonyl (C=O) groups excluding carboxylic acids is 1. The van der Waals surface area contributed by atoms with Crippen LogP contribution in [0.15, 0.2) is 54.6 Å². The maximum atomic E-state index is 13.4. The standard InChI is InChI=1S/C21H23FN2O3S/c1-28(26,27)23-12-11-20-19(13-23)18(15-7-9-17(22)10-8-15)14-24(20)21(25)16-5-3-2-4-6-16/h2-10,18-20H,11-14H2,1H3/t18-,19-,20-/m0/s1. The number of piperidine rings is 1. The summed E-state index contributed by atoms with van der Waals surface area (Å²) in [4.78, 5) is 15.0. The van der Waals surface area contributed by atoms with Crippen LogP contribution >= 0.6 is 0 Å². The molecule has 148 valence electrons. The highest BCUT2D eigenvalue weighted by molar-refractivity contribution is 7.88. The highest BCUT2D eigenvalue weighted by Crippen LogP contribution is 2.42. The summed E-state index contributed by atoms with van der Waals surface area (Å²) in [5.74, 6) is -0.380. The van der Waals surface area contributed by atoms with Crippen LogP contribution in [0.3, 0.4) is 0 Å². The van der Waals surface area contributed by atoms with E-state index in [2.05, 4.69) is 0 Å². The number of sulfonamides is 1. The second-order valence-electron chi connectivity index (χ2n) is 7.62. The summed E-state index contributed by atoms with van der Waals surface area (Å²) in [6.45, 7) is 1.30. The molecule has 7 heteroatoms. The molecule has 2 fully saturated rings. The lowest BCUT2D eigenvalue weighted by Gasteiger charge is -2.37. The van der Waals surface area contributed by atoms with Crippen molar-refractivity contribution in [1.82, 2.24) is 9.21 Å². The Bertz CT molecular complexity index is 963. The predicted molar refractivity (Wildman–Crippen MR) is 105 cm³/mol. The van der Waals surface area contributed by atoms with Gasteiger partial charge in [0.25, 0.3) is 5.91 Å². The summed E-state index contributed by atoms with van der Waals surface area (Å²) in [5.41, 5.74) is 1.57. The number of amides is 1. The Labute approximate surface area is 164 Å². The van der Waals surface area contributed by atoms with Gasteiger partial charge in [-0.15, -0.1) is 0 Å². The van der Waals surface area contributed by atoms with Crippen molar-refractivity contribution < 1.29 is 17.6 Å². The third-order valence-corrected chi connectivity index (χ3v) is 7.21. The number of halogens is 1. The van der Waals surface area contributed by atoms with Gasteiger partial charge in [0.15, 0.2) is 0 Å². The summed E-state index contributed by atoms with van der Waals surface area (Å²) in [6, 6.07) is 15.4. The van der Waals surface area contributed by atoms with E-state index in [1.807, 2.05) is 23.1 Å². The zero-order valence-electron chi connectivity index (χ0n) is 15.7. The first-order valence-corrected chi connectivity index (χ1v) is 11.3. The maximum absolute atomic E-state index is 13.4. The Morgan fingerprint density at radius 1 is 1.04 bits per heavy atom. The quantitative estimate of drug-likeness (QED) is 0.793. The Hall–Kier alpha value is -2.25. The van der Waals surface area contributed by atoms with Gasteiger partial charge in [0.1, 0.15) is 5.82 Å². The molecule has 2 saturated heterocycles. The molecule has 28 heavy (non-hydrogen) atoms. The minimum absolute atomic E-state index is 0.0124. The lowest BCUT2D eigenvalue weighted by atomic mass is 9.82. The van der Waals surface area contributed by atoms with Crippen molar-refractivity contribution in [1.29, 1.82) is 0 Å². The smallest absolute Gasteiger partial charge is 0.254 e. The number of carbonyl (C=O) groups is 1. The molecule has 0 unspecified atom stereocenters. The van der Waals surface area contributed by atoms with Gasteiger partial charge < -0.3 is 4.90 Å². The van der Waals surface area contributed by atoms with E-state index < -0.39 is 10.0 Å². The van der Waals surface area contributed by atoms with Crippen LogP contribution in [0.4, 0.5) is 4.39 Å².